The molecule has 1 saturated heterocycles. The lowest BCUT2D eigenvalue weighted by Gasteiger charge is -2.38. The van der Waals surface area contributed by atoms with E-state index in [1.54, 1.807) is 0 Å². The predicted molar refractivity (Wildman–Crippen MR) is 81.5 cm³/mol. The number of halogens is 1. The van der Waals surface area contributed by atoms with Crippen molar-refractivity contribution in [2.45, 2.75) is 38.3 Å². The van der Waals surface area contributed by atoms with E-state index in [0.29, 0.717) is 0 Å². The highest BCUT2D eigenvalue weighted by molar-refractivity contribution is 14.1. The molecule has 1 aliphatic rings. The quantitative estimate of drug-likeness (QED) is 0.827. The summed E-state index contributed by atoms with van der Waals surface area (Å²) in [5, 5.41) is 0. The average Bonchev–Trinajstić information content (AvgIpc) is 2.38. The van der Waals surface area contributed by atoms with E-state index in [4.69, 9.17) is 5.73 Å². The van der Waals surface area contributed by atoms with Crippen LogP contribution in [0.4, 0.5) is 0 Å². The molecule has 2 N–H and O–H groups in total. The first-order valence-electron chi connectivity index (χ1n) is 6.41. The SMILES string of the molecule is CC(N)C1CCCCN1C(=O)c1cccc(I)c1. The van der Waals surface area contributed by atoms with Crippen LogP contribution in [0.5, 0.6) is 0 Å². The number of piperidine rings is 1. The number of likely N-dealkylation sites (tertiary alicyclic amines) is 1. The van der Waals surface area contributed by atoms with E-state index in [2.05, 4.69) is 22.6 Å². The largest absolute Gasteiger partial charge is 0.334 e. The lowest BCUT2D eigenvalue weighted by molar-refractivity contribution is 0.0584. The standard InChI is InChI=1S/C14H19IN2O/c1-10(16)13-7-2-3-8-17(13)14(18)11-5-4-6-12(15)9-11/h4-6,9-10,13H,2-3,7-8,16H2,1H3. The van der Waals surface area contributed by atoms with Crippen LogP contribution in [0.2, 0.25) is 0 Å². The molecule has 0 saturated carbocycles. The van der Waals surface area contributed by atoms with Crippen LogP contribution >= 0.6 is 22.6 Å². The van der Waals surface area contributed by atoms with Gasteiger partial charge in [-0.05, 0) is 67.0 Å². The molecule has 1 fully saturated rings. The lowest BCUT2D eigenvalue weighted by Crippen LogP contribution is -2.51. The van der Waals surface area contributed by atoms with Gasteiger partial charge in [-0.3, -0.25) is 4.79 Å². The van der Waals surface area contributed by atoms with Gasteiger partial charge in [0.15, 0.2) is 0 Å². The zero-order valence-corrected chi connectivity index (χ0v) is 12.8. The molecule has 1 aliphatic heterocycles. The molecule has 2 unspecified atom stereocenters. The van der Waals surface area contributed by atoms with Gasteiger partial charge in [0.2, 0.25) is 0 Å². The summed E-state index contributed by atoms with van der Waals surface area (Å²) < 4.78 is 1.09. The van der Waals surface area contributed by atoms with Crippen molar-refractivity contribution in [2.75, 3.05) is 6.54 Å². The van der Waals surface area contributed by atoms with Gasteiger partial charge >= 0.3 is 0 Å². The third kappa shape index (κ3) is 3.03. The molecule has 1 aromatic rings. The molecule has 2 atom stereocenters. The summed E-state index contributed by atoms with van der Waals surface area (Å²) in [4.78, 5) is 14.5. The van der Waals surface area contributed by atoms with Crippen LogP contribution in [0.3, 0.4) is 0 Å². The Labute approximate surface area is 122 Å². The van der Waals surface area contributed by atoms with E-state index in [1.807, 2.05) is 36.1 Å². The molecule has 98 valence electrons. The third-order valence-corrected chi connectivity index (χ3v) is 4.16. The molecule has 0 aliphatic carbocycles. The first-order valence-corrected chi connectivity index (χ1v) is 7.49. The van der Waals surface area contributed by atoms with Gasteiger partial charge in [-0.2, -0.15) is 0 Å². The number of rotatable bonds is 2. The summed E-state index contributed by atoms with van der Waals surface area (Å²) in [5.41, 5.74) is 6.78. The second-order valence-electron chi connectivity index (χ2n) is 4.93. The van der Waals surface area contributed by atoms with Gasteiger partial charge in [-0.25, -0.2) is 0 Å². The van der Waals surface area contributed by atoms with Crippen LogP contribution < -0.4 is 5.73 Å². The molecule has 1 heterocycles. The predicted octanol–water partition coefficient (Wildman–Crippen LogP) is 2.63. The lowest BCUT2D eigenvalue weighted by atomic mass is 9.96. The number of hydrogen-bond acceptors (Lipinski definition) is 2. The molecule has 1 amide bonds. The summed E-state index contributed by atoms with van der Waals surface area (Å²) in [6.07, 6.45) is 3.27. The van der Waals surface area contributed by atoms with Crippen molar-refractivity contribution in [3.05, 3.63) is 33.4 Å². The maximum Gasteiger partial charge on any atom is 0.254 e. The highest BCUT2D eigenvalue weighted by Crippen LogP contribution is 2.22. The van der Waals surface area contributed by atoms with Crippen molar-refractivity contribution in [2.24, 2.45) is 5.73 Å². The van der Waals surface area contributed by atoms with Crippen molar-refractivity contribution in [3.63, 3.8) is 0 Å². The second kappa shape index (κ2) is 6.02. The molecule has 3 nitrogen and oxygen atoms in total. The Morgan fingerprint density at radius 1 is 1.50 bits per heavy atom. The monoisotopic (exact) mass is 358 g/mol. The van der Waals surface area contributed by atoms with Gasteiger partial charge in [-0.15, -0.1) is 0 Å². The van der Waals surface area contributed by atoms with Crippen molar-refractivity contribution in [3.8, 4) is 0 Å². The van der Waals surface area contributed by atoms with Crippen LogP contribution in [0.15, 0.2) is 24.3 Å². The number of amides is 1. The van der Waals surface area contributed by atoms with Gasteiger partial charge in [-0.1, -0.05) is 6.07 Å². The second-order valence-corrected chi connectivity index (χ2v) is 6.18. The average molecular weight is 358 g/mol. The minimum absolute atomic E-state index is 0.0389. The summed E-state index contributed by atoms with van der Waals surface area (Å²) in [6, 6.07) is 7.98. The van der Waals surface area contributed by atoms with E-state index in [0.717, 1.165) is 28.5 Å². The highest BCUT2D eigenvalue weighted by Gasteiger charge is 2.29. The minimum atomic E-state index is 0.0389. The fourth-order valence-corrected chi connectivity index (χ4v) is 3.09. The summed E-state index contributed by atoms with van der Waals surface area (Å²) in [7, 11) is 0. The Hall–Kier alpha value is -0.620. The molecular weight excluding hydrogens is 339 g/mol. The first kappa shape index (κ1) is 13.8. The number of nitrogens with zero attached hydrogens (tertiary/aromatic N) is 1. The maximum absolute atomic E-state index is 12.5. The normalized spacial score (nSPS) is 21.7. The third-order valence-electron chi connectivity index (χ3n) is 3.49. The van der Waals surface area contributed by atoms with E-state index in [1.165, 1.54) is 6.42 Å². The van der Waals surface area contributed by atoms with Crippen molar-refractivity contribution < 1.29 is 4.79 Å². The molecule has 18 heavy (non-hydrogen) atoms. The molecule has 2 rings (SSSR count). The Morgan fingerprint density at radius 3 is 2.94 bits per heavy atom. The number of carbonyl (C=O) groups is 1. The topological polar surface area (TPSA) is 46.3 Å². The smallest absolute Gasteiger partial charge is 0.254 e. The van der Waals surface area contributed by atoms with Gasteiger partial charge in [0.1, 0.15) is 0 Å². The van der Waals surface area contributed by atoms with Gasteiger partial charge in [0.05, 0.1) is 0 Å². The molecule has 0 bridgehead atoms. The number of carbonyl (C=O) groups excluding carboxylic acids is 1. The van der Waals surface area contributed by atoms with E-state index >= 15 is 0 Å². The van der Waals surface area contributed by atoms with Gasteiger partial charge < -0.3 is 10.6 Å². The molecule has 0 aromatic heterocycles. The summed E-state index contributed by atoms with van der Waals surface area (Å²) >= 11 is 2.23. The number of hydrogen-bond donors (Lipinski definition) is 1. The Morgan fingerprint density at radius 2 is 2.28 bits per heavy atom. The zero-order valence-electron chi connectivity index (χ0n) is 10.6. The Bertz CT molecular complexity index is 434. The molecule has 0 spiro atoms. The molecular formula is C14H19IN2O. The van der Waals surface area contributed by atoms with Crippen molar-refractivity contribution in [1.82, 2.24) is 4.90 Å². The number of nitrogens with two attached hydrogens (primary N) is 1. The Balaban J connectivity index is 2.21. The van der Waals surface area contributed by atoms with E-state index in [9.17, 15) is 4.79 Å². The van der Waals surface area contributed by atoms with Crippen LogP contribution in [0, 0.1) is 3.57 Å². The van der Waals surface area contributed by atoms with Gasteiger partial charge in [0.25, 0.3) is 5.91 Å². The first-order chi connectivity index (χ1) is 8.59. The fraction of sp³-hybridized carbons (Fsp3) is 0.500. The molecule has 0 radical (unpaired) electrons. The van der Waals surface area contributed by atoms with E-state index < -0.39 is 0 Å². The molecule has 1 aromatic carbocycles. The zero-order chi connectivity index (χ0) is 13.1. The highest BCUT2D eigenvalue weighted by atomic mass is 127. The van der Waals surface area contributed by atoms with E-state index in [-0.39, 0.29) is 18.0 Å². The van der Waals surface area contributed by atoms with Crippen LogP contribution in [-0.4, -0.2) is 29.4 Å². The molecule has 4 heteroatoms. The van der Waals surface area contributed by atoms with Crippen LogP contribution in [0.25, 0.3) is 0 Å². The summed E-state index contributed by atoms with van der Waals surface area (Å²) in [6.45, 7) is 2.82. The maximum atomic E-state index is 12.5. The fourth-order valence-electron chi connectivity index (χ4n) is 2.54. The van der Waals surface area contributed by atoms with Crippen LogP contribution in [-0.2, 0) is 0 Å². The van der Waals surface area contributed by atoms with Crippen molar-refractivity contribution in [1.29, 1.82) is 0 Å². The van der Waals surface area contributed by atoms with Crippen molar-refractivity contribution >= 4 is 28.5 Å². The minimum Gasteiger partial charge on any atom is -0.334 e. The van der Waals surface area contributed by atoms with Gasteiger partial charge in [0, 0.05) is 27.8 Å². The van der Waals surface area contributed by atoms with Crippen LogP contribution in [0.1, 0.15) is 36.5 Å². The number of benzene rings is 1. The Kier molecular flexibility index (Phi) is 4.61. The summed E-state index contributed by atoms with van der Waals surface area (Å²) in [5.74, 6) is 0.121.